The minimum atomic E-state index is -0.464. The van der Waals surface area contributed by atoms with E-state index in [1.807, 2.05) is 30.3 Å². The Morgan fingerprint density at radius 2 is 1.75 bits per heavy atom. The third-order valence-electron chi connectivity index (χ3n) is 6.03. The average Bonchev–Trinajstić information content (AvgIpc) is 2.68. The standard InChI is InChI=1S/C22H26FN2O2.HI/c1-25-13-11-18(12-14-25)21(16-25)27-22(26)24(15-17-7-3-2-4-8-17)20-10-6-5-9-19(20)23;/h2-10,18,21H,11-16H2,1H3;1H/q+1;/p-1/t18?,21-,25?;/m0./s1. The van der Waals surface area contributed by atoms with Crippen molar-refractivity contribution in [3.63, 3.8) is 0 Å². The van der Waals surface area contributed by atoms with Crippen LogP contribution in [0.1, 0.15) is 18.4 Å². The summed E-state index contributed by atoms with van der Waals surface area (Å²) in [6, 6.07) is 16.0. The molecule has 1 amide bonds. The highest BCUT2D eigenvalue weighted by Gasteiger charge is 2.45. The fourth-order valence-corrected chi connectivity index (χ4v) is 4.36. The monoisotopic (exact) mass is 496 g/mol. The molecule has 2 aromatic carbocycles. The van der Waals surface area contributed by atoms with E-state index in [0.29, 0.717) is 5.92 Å². The molecule has 3 aliphatic heterocycles. The molecule has 0 saturated carbocycles. The van der Waals surface area contributed by atoms with Crippen LogP contribution in [0.3, 0.4) is 0 Å². The van der Waals surface area contributed by atoms with Gasteiger partial charge < -0.3 is 33.2 Å². The first-order valence-electron chi connectivity index (χ1n) is 9.64. The second kappa shape index (κ2) is 8.78. The highest BCUT2D eigenvalue weighted by Crippen LogP contribution is 2.34. The highest BCUT2D eigenvalue weighted by molar-refractivity contribution is 5.87. The minimum absolute atomic E-state index is 0. The van der Waals surface area contributed by atoms with E-state index in [2.05, 4.69) is 7.05 Å². The largest absolute Gasteiger partial charge is 1.00 e. The van der Waals surface area contributed by atoms with Gasteiger partial charge in [0.05, 0.1) is 32.4 Å². The van der Waals surface area contributed by atoms with Gasteiger partial charge in [-0.05, 0) is 17.7 Å². The zero-order valence-corrected chi connectivity index (χ0v) is 18.2. The number of nitrogens with zero attached hydrogens (tertiary/aromatic N) is 2. The Labute approximate surface area is 182 Å². The molecule has 3 fully saturated rings. The van der Waals surface area contributed by atoms with E-state index in [1.54, 1.807) is 18.2 Å². The van der Waals surface area contributed by atoms with Crippen LogP contribution in [0.4, 0.5) is 14.9 Å². The van der Waals surface area contributed by atoms with Gasteiger partial charge in [-0.1, -0.05) is 42.5 Å². The molecule has 0 N–H and O–H groups in total. The number of amides is 1. The van der Waals surface area contributed by atoms with Crippen molar-refractivity contribution in [2.45, 2.75) is 25.5 Å². The summed E-state index contributed by atoms with van der Waals surface area (Å²) in [5.41, 5.74) is 1.19. The van der Waals surface area contributed by atoms with Gasteiger partial charge in [0.2, 0.25) is 0 Å². The van der Waals surface area contributed by atoms with E-state index >= 15 is 0 Å². The van der Waals surface area contributed by atoms with E-state index in [1.165, 1.54) is 11.0 Å². The van der Waals surface area contributed by atoms with Crippen LogP contribution in [0.2, 0.25) is 0 Å². The Morgan fingerprint density at radius 1 is 1.11 bits per heavy atom. The molecule has 3 saturated heterocycles. The second-order valence-corrected chi connectivity index (χ2v) is 8.03. The number of hydrogen-bond donors (Lipinski definition) is 0. The van der Waals surface area contributed by atoms with E-state index in [-0.39, 0.29) is 42.3 Å². The second-order valence-electron chi connectivity index (χ2n) is 8.03. The smallest absolute Gasteiger partial charge is 0.415 e. The molecule has 0 aliphatic carbocycles. The molecule has 1 atom stereocenters. The summed E-state index contributed by atoms with van der Waals surface area (Å²) in [6.45, 7) is 3.44. The summed E-state index contributed by atoms with van der Waals surface area (Å²) in [6.07, 6.45) is 1.63. The Kier molecular flexibility index (Phi) is 6.60. The molecule has 3 heterocycles. The molecular weight excluding hydrogens is 470 g/mol. The van der Waals surface area contributed by atoms with E-state index in [9.17, 15) is 9.18 Å². The molecule has 6 heteroatoms. The third-order valence-corrected chi connectivity index (χ3v) is 6.03. The van der Waals surface area contributed by atoms with Gasteiger partial charge in [0, 0.05) is 18.8 Å². The van der Waals surface area contributed by atoms with Gasteiger partial charge in [-0.2, -0.15) is 0 Å². The lowest BCUT2D eigenvalue weighted by Gasteiger charge is -2.49. The molecule has 28 heavy (non-hydrogen) atoms. The maximum absolute atomic E-state index is 14.4. The molecule has 2 bridgehead atoms. The number of halogens is 2. The van der Waals surface area contributed by atoms with Crippen molar-refractivity contribution in [2.24, 2.45) is 5.92 Å². The molecule has 0 unspecified atom stereocenters. The van der Waals surface area contributed by atoms with Gasteiger partial charge in [-0.15, -0.1) is 0 Å². The normalized spacial score (nSPS) is 25.6. The number of ether oxygens (including phenoxy) is 1. The molecule has 4 nitrogen and oxygen atoms in total. The average molecular weight is 496 g/mol. The Balaban J connectivity index is 0.00000225. The van der Waals surface area contributed by atoms with Gasteiger partial charge in [0.15, 0.2) is 6.10 Å². The van der Waals surface area contributed by atoms with Crippen molar-refractivity contribution in [1.29, 1.82) is 0 Å². The fourth-order valence-electron chi connectivity index (χ4n) is 4.36. The number of rotatable bonds is 4. The van der Waals surface area contributed by atoms with Crippen LogP contribution in [0.15, 0.2) is 54.6 Å². The van der Waals surface area contributed by atoms with E-state index < -0.39 is 11.9 Å². The first-order chi connectivity index (χ1) is 13.0. The van der Waals surface area contributed by atoms with Crippen molar-refractivity contribution in [3.05, 3.63) is 66.0 Å². The van der Waals surface area contributed by atoms with Crippen LogP contribution in [0.25, 0.3) is 0 Å². The third kappa shape index (κ3) is 4.49. The van der Waals surface area contributed by atoms with Crippen LogP contribution in [0, 0.1) is 11.7 Å². The van der Waals surface area contributed by atoms with Crippen LogP contribution in [-0.2, 0) is 11.3 Å². The van der Waals surface area contributed by atoms with Crippen LogP contribution in [-0.4, -0.2) is 43.4 Å². The van der Waals surface area contributed by atoms with Crippen LogP contribution >= 0.6 is 0 Å². The summed E-state index contributed by atoms with van der Waals surface area (Å²) in [4.78, 5) is 14.5. The summed E-state index contributed by atoms with van der Waals surface area (Å²) in [7, 11) is 2.23. The number of quaternary nitrogens is 1. The van der Waals surface area contributed by atoms with Crippen molar-refractivity contribution in [1.82, 2.24) is 0 Å². The Hall–Kier alpha value is -1.67. The van der Waals surface area contributed by atoms with E-state index in [4.69, 9.17) is 4.74 Å². The molecule has 0 aromatic heterocycles. The zero-order valence-electron chi connectivity index (χ0n) is 16.1. The molecular formula is C22H26FIN2O2. The van der Waals surface area contributed by atoms with Crippen molar-refractivity contribution in [3.8, 4) is 0 Å². The number of hydrogen-bond acceptors (Lipinski definition) is 2. The maximum atomic E-state index is 14.4. The first-order valence-corrected chi connectivity index (χ1v) is 9.64. The number of carbonyl (C=O) groups excluding carboxylic acids is 1. The minimum Gasteiger partial charge on any atom is -1.00 e. The Morgan fingerprint density at radius 3 is 2.39 bits per heavy atom. The molecule has 3 aliphatic rings. The lowest BCUT2D eigenvalue weighted by Crippen LogP contribution is -3.00. The molecule has 2 aromatic rings. The van der Waals surface area contributed by atoms with E-state index in [0.717, 1.165) is 42.5 Å². The maximum Gasteiger partial charge on any atom is 0.415 e. The van der Waals surface area contributed by atoms with Gasteiger partial charge in [-0.3, -0.25) is 4.90 Å². The topological polar surface area (TPSA) is 29.5 Å². The lowest BCUT2D eigenvalue weighted by molar-refractivity contribution is -0.928. The number of anilines is 1. The lowest BCUT2D eigenvalue weighted by atomic mass is 9.84. The zero-order chi connectivity index (χ0) is 18.9. The highest BCUT2D eigenvalue weighted by atomic mass is 127. The number of piperidine rings is 3. The number of carbonyl (C=O) groups is 1. The first kappa shape index (κ1) is 21.0. The summed E-state index contributed by atoms with van der Waals surface area (Å²) in [5.74, 6) is 0.00591. The number of benzene rings is 2. The van der Waals surface area contributed by atoms with Gasteiger partial charge in [-0.25, -0.2) is 9.18 Å². The summed E-state index contributed by atoms with van der Waals surface area (Å²) >= 11 is 0. The quantitative estimate of drug-likeness (QED) is 0.471. The summed E-state index contributed by atoms with van der Waals surface area (Å²) < 4.78 is 21.3. The number of likely N-dealkylation sites (N-methyl/N-ethyl adjacent to an activating group) is 1. The Bertz CT molecular complexity index is 809. The predicted molar refractivity (Wildman–Crippen MR) is 103 cm³/mol. The van der Waals surface area contributed by atoms with Crippen molar-refractivity contribution in [2.75, 3.05) is 31.6 Å². The molecule has 0 radical (unpaired) electrons. The van der Waals surface area contributed by atoms with Gasteiger partial charge in [0.25, 0.3) is 0 Å². The number of fused-ring (bicyclic) bond motifs is 3. The van der Waals surface area contributed by atoms with Crippen molar-refractivity contribution < 1.29 is 42.4 Å². The van der Waals surface area contributed by atoms with Gasteiger partial charge in [0.1, 0.15) is 12.4 Å². The molecule has 5 rings (SSSR count). The van der Waals surface area contributed by atoms with Crippen LogP contribution < -0.4 is 28.9 Å². The molecule has 0 spiro atoms. The van der Waals surface area contributed by atoms with Crippen LogP contribution in [0.5, 0.6) is 0 Å². The van der Waals surface area contributed by atoms with Crippen molar-refractivity contribution >= 4 is 11.8 Å². The predicted octanol–water partition coefficient (Wildman–Crippen LogP) is 1.21. The molecule has 150 valence electrons. The number of para-hydroxylation sites is 1. The summed E-state index contributed by atoms with van der Waals surface area (Å²) in [5, 5.41) is 0. The van der Waals surface area contributed by atoms with Gasteiger partial charge >= 0.3 is 6.09 Å². The SMILES string of the molecule is C[N+]12CCC(CC1)[C@@H](OC(=O)N(Cc1ccccc1)c1ccccc1F)C2.[I-]. The fraction of sp³-hybridized carbons (Fsp3) is 0.409.